The minimum atomic E-state index is -0.362. The van der Waals surface area contributed by atoms with Gasteiger partial charge in [0.15, 0.2) is 0 Å². The second-order valence-corrected chi connectivity index (χ2v) is 3.99. The molecule has 0 aliphatic rings. The molecule has 0 bridgehead atoms. The fourth-order valence-corrected chi connectivity index (χ4v) is 1.49. The zero-order valence-corrected chi connectivity index (χ0v) is 10.3. The van der Waals surface area contributed by atoms with Crippen molar-refractivity contribution in [1.29, 1.82) is 0 Å². The molecule has 0 saturated heterocycles. The highest BCUT2D eigenvalue weighted by Gasteiger charge is 2.07. The second-order valence-electron chi connectivity index (χ2n) is 3.99. The Labute approximate surface area is 109 Å². The van der Waals surface area contributed by atoms with Gasteiger partial charge < -0.3 is 10.7 Å². The Morgan fingerprint density at radius 1 is 1.32 bits per heavy atom. The molecule has 1 heterocycles. The van der Waals surface area contributed by atoms with Crippen LogP contribution in [0.3, 0.4) is 0 Å². The average Bonchev–Trinajstić information content (AvgIpc) is 2.43. The molecular weight excluding hydrogens is 247 g/mol. The number of anilines is 2. The Morgan fingerprint density at radius 2 is 2.11 bits per heavy atom. The highest BCUT2D eigenvalue weighted by molar-refractivity contribution is 6.04. The minimum Gasteiger partial charge on any atom is -0.322 e. The van der Waals surface area contributed by atoms with E-state index in [-0.39, 0.29) is 11.7 Å². The SMILES string of the molecule is Cc1ccc(NC(=O)c2ccc(NN)nc2)cc1F. The van der Waals surface area contributed by atoms with E-state index in [1.165, 1.54) is 12.3 Å². The van der Waals surface area contributed by atoms with Crippen LogP contribution in [0.5, 0.6) is 0 Å². The number of nitrogens with zero attached hydrogens (tertiary/aromatic N) is 1. The Bertz CT molecular complexity index is 598. The number of carbonyl (C=O) groups is 1. The summed E-state index contributed by atoms with van der Waals surface area (Å²) < 4.78 is 13.3. The van der Waals surface area contributed by atoms with Gasteiger partial charge in [0.1, 0.15) is 11.6 Å². The number of aryl methyl sites for hydroxylation is 1. The van der Waals surface area contributed by atoms with E-state index in [1.807, 2.05) is 0 Å². The molecule has 0 saturated carbocycles. The van der Waals surface area contributed by atoms with Crippen LogP contribution in [0.1, 0.15) is 15.9 Å². The van der Waals surface area contributed by atoms with Crippen molar-refractivity contribution in [1.82, 2.24) is 4.98 Å². The summed E-state index contributed by atoms with van der Waals surface area (Å²) in [6.07, 6.45) is 1.38. The summed E-state index contributed by atoms with van der Waals surface area (Å²) in [5, 5.41) is 2.59. The molecular formula is C13H13FN4O. The maximum Gasteiger partial charge on any atom is 0.257 e. The van der Waals surface area contributed by atoms with E-state index in [0.717, 1.165) is 0 Å². The highest BCUT2D eigenvalue weighted by Crippen LogP contribution is 2.14. The number of aromatic nitrogens is 1. The Morgan fingerprint density at radius 3 is 2.68 bits per heavy atom. The van der Waals surface area contributed by atoms with Crippen molar-refractivity contribution in [2.75, 3.05) is 10.7 Å². The third-order valence-corrected chi connectivity index (χ3v) is 2.60. The van der Waals surface area contributed by atoms with Crippen LogP contribution in [0.4, 0.5) is 15.9 Å². The largest absolute Gasteiger partial charge is 0.322 e. The number of halogens is 1. The number of nitrogens with two attached hydrogens (primary N) is 1. The summed E-state index contributed by atoms with van der Waals surface area (Å²) in [7, 11) is 0. The van der Waals surface area contributed by atoms with Gasteiger partial charge in [0, 0.05) is 11.9 Å². The summed E-state index contributed by atoms with van der Waals surface area (Å²) in [5.74, 6) is 4.91. The Balaban J connectivity index is 2.13. The van der Waals surface area contributed by atoms with E-state index in [1.54, 1.807) is 31.2 Å². The molecule has 1 aromatic heterocycles. The van der Waals surface area contributed by atoms with E-state index < -0.39 is 0 Å². The fourth-order valence-electron chi connectivity index (χ4n) is 1.49. The van der Waals surface area contributed by atoms with Gasteiger partial charge in [0.05, 0.1) is 5.56 Å². The summed E-state index contributed by atoms with van der Waals surface area (Å²) in [6.45, 7) is 1.66. The van der Waals surface area contributed by atoms with E-state index >= 15 is 0 Å². The van der Waals surface area contributed by atoms with E-state index in [2.05, 4.69) is 15.7 Å². The lowest BCUT2D eigenvalue weighted by molar-refractivity contribution is 0.102. The van der Waals surface area contributed by atoms with Gasteiger partial charge >= 0.3 is 0 Å². The number of nitrogens with one attached hydrogen (secondary N) is 2. The van der Waals surface area contributed by atoms with Crippen LogP contribution in [0, 0.1) is 12.7 Å². The third kappa shape index (κ3) is 3.05. The summed E-state index contributed by atoms with van der Waals surface area (Å²) in [5.41, 5.74) is 3.65. The number of pyridine rings is 1. The third-order valence-electron chi connectivity index (χ3n) is 2.60. The normalized spacial score (nSPS) is 10.1. The molecule has 98 valence electrons. The molecule has 6 heteroatoms. The molecule has 0 spiro atoms. The van der Waals surface area contributed by atoms with Crippen molar-refractivity contribution in [2.24, 2.45) is 5.84 Å². The quantitative estimate of drug-likeness (QED) is 0.583. The first-order chi connectivity index (χ1) is 9.10. The van der Waals surface area contributed by atoms with Gasteiger partial charge in [-0.3, -0.25) is 4.79 Å². The van der Waals surface area contributed by atoms with Gasteiger partial charge in [-0.25, -0.2) is 15.2 Å². The fraction of sp³-hybridized carbons (Fsp3) is 0.0769. The van der Waals surface area contributed by atoms with Crippen molar-refractivity contribution in [3.8, 4) is 0 Å². The van der Waals surface area contributed by atoms with Gasteiger partial charge in [0.25, 0.3) is 5.91 Å². The molecule has 1 aromatic carbocycles. The van der Waals surface area contributed by atoms with Crippen LogP contribution in [-0.2, 0) is 0 Å². The summed E-state index contributed by atoms with van der Waals surface area (Å²) in [4.78, 5) is 15.8. The number of carbonyl (C=O) groups excluding carboxylic acids is 1. The van der Waals surface area contributed by atoms with Crippen molar-refractivity contribution >= 4 is 17.4 Å². The minimum absolute atomic E-state index is 0.361. The molecule has 0 atom stereocenters. The zero-order valence-electron chi connectivity index (χ0n) is 10.3. The first kappa shape index (κ1) is 13.0. The molecule has 0 radical (unpaired) electrons. The standard InChI is InChI=1S/C13H13FN4O/c1-8-2-4-10(6-11(8)14)17-13(19)9-3-5-12(18-15)16-7-9/h2-7H,15H2,1H3,(H,16,18)(H,17,19). The lowest BCUT2D eigenvalue weighted by atomic mass is 10.2. The number of rotatable bonds is 3. The van der Waals surface area contributed by atoms with Crippen LogP contribution < -0.4 is 16.6 Å². The predicted octanol–water partition coefficient (Wildman–Crippen LogP) is 2.07. The van der Waals surface area contributed by atoms with E-state index in [0.29, 0.717) is 22.6 Å². The Hall–Kier alpha value is -2.47. The molecule has 2 aromatic rings. The van der Waals surface area contributed by atoms with Gasteiger partial charge in [0.2, 0.25) is 0 Å². The number of nitrogen functional groups attached to an aromatic ring is 1. The molecule has 0 aliphatic carbocycles. The average molecular weight is 260 g/mol. The maximum absolute atomic E-state index is 13.3. The smallest absolute Gasteiger partial charge is 0.257 e. The first-order valence-corrected chi connectivity index (χ1v) is 5.60. The number of hydrogen-bond acceptors (Lipinski definition) is 4. The van der Waals surface area contributed by atoms with Crippen LogP contribution >= 0.6 is 0 Å². The van der Waals surface area contributed by atoms with Crippen LogP contribution in [0.2, 0.25) is 0 Å². The van der Waals surface area contributed by atoms with Gasteiger partial charge in [-0.2, -0.15) is 0 Å². The summed E-state index contributed by atoms with van der Waals surface area (Å²) in [6, 6.07) is 7.66. The molecule has 5 nitrogen and oxygen atoms in total. The van der Waals surface area contributed by atoms with Gasteiger partial charge in [-0.1, -0.05) is 6.07 Å². The first-order valence-electron chi connectivity index (χ1n) is 5.60. The second kappa shape index (κ2) is 5.45. The number of hydrazine groups is 1. The van der Waals surface area contributed by atoms with Crippen molar-refractivity contribution in [2.45, 2.75) is 6.92 Å². The van der Waals surface area contributed by atoms with Crippen molar-refractivity contribution in [3.05, 3.63) is 53.5 Å². The van der Waals surface area contributed by atoms with Crippen molar-refractivity contribution in [3.63, 3.8) is 0 Å². The number of benzene rings is 1. The lowest BCUT2D eigenvalue weighted by Crippen LogP contribution is -2.13. The Kier molecular flexibility index (Phi) is 3.72. The molecule has 2 rings (SSSR count). The molecule has 0 fully saturated rings. The van der Waals surface area contributed by atoms with Crippen LogP contribution in [0.15, 0.2) is 36.5 Å². The molecule has 0 aliphatic heterocycles. The van der Waals surface area contributed by atoms with Crippen LogP contribution in [-0.4, -0.2) is 10.9 Å². The van der Waals surface area contributed by atoms with Crippen molar-refractivity contribution < 1.29 is 9.18 Å². The van der Waals surface area contributed by atoms with E-state index in [9.17, 15) is 9.18 Å². The monoisotopic (exact) mass is 260 g/mol. The van der Waals surface area contributed by atoms with E-state index in [4.69, 9.17) is 5.84 Å². The highest BCUT2D eigenvalue weighted by atomic mass is 19.1. The zero-order chi connectivity index (χ0) is 13.8. The maximum atomic E-state index is 13.3. The molecule has 1 amide bonds. The van der Waals surface area contributed by atoms with Gasteiger partial charge in [-0.15, -0.1) is 0 Å². The van der Waals surface area contributed by atoms with Gasteiger partial charge in [-0.05, 0) is 36.8 Å². The summed E-state index contributed by atoms with van der Waals surface area (Å²) >= 11 is 0. The number of amides is 1. The molecule has 4 N–H and O–H groups in total. The topological polar surface area (TPSA) is 80.0 Å². The molecule has 0 unspecified atom stereocenters. The van der Waals surface area contributed by atoms with Crippen LogP contribution in [0.25, 0.3) is 0 Å². The lowest BCUT2D eigenvalue weighted by Gasteiger charge is -2.06. The molecule has 19 heavy (non-hydrogen) atoms. The predicted molar refractivity (Wildman–Crippen MR) is 71.1 cm³/mol. The number of hydrogen-bond donors (Lipinski definition) is 3.